The van der Waals surface area contributed by atoms with Crippen molar-refractivity contribution >= 4 is 39.5 Å². The lowest BCUT2D eigenvalue weighted by Crippen LogP contribution is -2.57. The van der Waals surface area contributed by atoms with Crippen LogP contribution >= 0.6 is 21.6 Å². The Morgan fingerprint density at radius 1 is 0.614 bits per heavy atom. The lowest BCUT2D eigenvalue weighted by atomic mass is 10.2. The van der Waals surface area contributed by atoms with E-state index in [4.69, 9.17) is 5.11 Å². The Bertz CT molecular complexity index is 1000. The first kappa shape index (κ1) is 43.5. The molecule has 0 amide bonds. The average Bonchev–Trinajstić information content (AvgIpc) is 3.04. The van der Waals surface area contributed by atoms with Crippen LogP contribution in [0.5, 0.6) is 0 Å². The average molecular weight is 674 g/mol. The molecule has 0 aliphatic carbocycles. The highest BCUT2D eigenvalue weighted by Crippen LogP contribution is 2.22. The van der Waals surface area contributed by atoms with Crippen LogP contribution in [0.3, 0.4) is 0 Å². The lowest BCUT2D eigenvalue weighted by Gasteiger charge is -2.18. The Morgan fingerprint density at radius 3 is 1.07 bits per heavy atom. The number of carbonyl (C=O) groups excluding carboxylic acids is 3. The molecule has 0 spiro atoms. The second-order valence-electron chi connectivity index (χ2n) is 8.90. The third-order valence-corrected chi connectivity index (χ3v) is 8.06. The van der Waals surface area contributed by atoms with Gasteiger partial charge in [0.05, 0.1) is 72.1 Å². The predicted octanol–water partition coefficient (Wildman–Crippen LogP) is -0.870. The van der Waals surface area contributed by atoms with Crippen LogP contribution in [0, 0.1) is 0 Å². The van der Waals surface area contributed by atoms with Crippen LogP contribution < -0.4 is 17.1 Å². The van der Waals surface area contributed by atoms with E-state index in [-0.39, 0.29) is 31.6 Å². The monoisotopic (exact) mass is 673 g/mol. The number of rotatable bonds is 17. The minimum Gasteiger partial charge on any atom is -0.469 e. The molecule has 0 aliphatic rings. The Kier molecular flexibility index (Phi) is 25.4. The largest absolute Gasteiger partial charge is 0.469 e. The highest BCUT2D eigenvalue weighted by molar-refractivity contribution is 8.76. The fourth-order valence-electron chi connectivity index (χ4n) is 2.81. The predicted molar refractivity (Wildman–Crippen MR) is 165 cm³/mol. The van der Waals surface area contributed by atoms with E-state index in [2.05, 4.69) is 14.2 Å². The van der Waals surface area contributed by atoms with Crippen molar-refractivity contribution < 1.29 is 49.0 Å². The van der Waals surface area contributed by atoms with Gasteiger partial charge in [0.1, 0.15) is 6.61 Å². The van der Waals surface area contributed by atoms with Gasteiger partial charge in [0.15, 0.2) is 0 Å². The van der Waals surface area contributed by atoms with Crippen LogP contribution in [0.15, 0.2) is 14.4 Å². The Labute approximate surface area is 263 Å². The van der Waals surface area contributed by atoms with Gasteiger partial charge in [-0.1, -0.05) is 42.4 Å². The van der Waals surface area contributed by atoms with Crippen LogP contribution in [0.4, 0.5) is 0 Å². The molecule has 1 rings (SSSR count). The number of hydrogen-bond donors (Lipinski definition) is 4. The van der Waals surface area contributed by atoms with Crippen molar-refractivity contribution in [3.05, 3.63) is 31.5 Å². The molecule has 0 saturated carbocycles. The second-order valence-corrected chi connectivity index (χ2v) is 11.6. The van der Waals surface area contributed by atoms with Gasteiger partial charge < -0.3 is 34.6 Å². The molecule has 18 heteroatoms. The minimum atomic E-state index is -0.915. The van der Waals surface area contributed by atoms with Crippen LogP contribution in [-0.4, -0.2) is 110 Å². The molecule has 44 heavy (non-hydrogen) atoms. The van der Waals surface area contributed by atoms with Gasteiger partial charge in [0, 0.05) is 11.5 Å². The maximum absolute atomic E-state index is 12.4. The molecule has 4 N–H and O–H groups in total. The highest BCUT2D eigenvalue weighted by Gasteiger charge is 2.20. The summed E-state index contributed by atoms with van der Waals surface area (Å²) in [5.74, 6) is 0.406. The van der Waals surface area contributed by atoms with E-state index in [1.165, 1.54) is 21.3 Å². The molecule has 0 radical (unpaired) electrons. The van der Waals surface area contributed by atoms with E-state index in [1.54, 1.807) is 42.4 Å². The number of carbonyl (C=O) groups is 3. The molecular formula is C26H47N3O13S2. The van der Waals surface area contributed by atoms with Crippen molar-refractivity contribution in [1.82, 2.24) is 13.7 Å². The van der Waals surface area contributed by atoms with Gasteiger partial charge in [-0.3, -0.25) is 9.59 Å². The Morgan fingerprint density at radius 2 is 0.886 bits per heavy atom. The summed E-state index contributed by atoms with van der Waals surface area (Å²) in [5, 5.41) is 37.2. The number of nitrogens with zero attached hydrogens (tertiary/aromatic N) is 3. The number of aliphatic hydroxyl groups excluding tert-OH is 4. The maximum atomic E-state index is 12.4. The molecule has 0 bridgehead atoms. The van der Waals surface area contributed by atoms with E-state index in [9.17, 15) is 44.1 Å². The molecule has 1 aromatic rings. The van der Waals surface area contributed by atoms with Crippen molar-refractivity contribution in [2.75, 3.05) is 39.4 Å². The van der Waals surface area contributed by atoms with Crippen molar-refractivity contribution in [1.29, 1.82) is 0 Å². The van der Waals surface area contributed by atoms with E-state index < -0.39 is 48.0 Å². The van der Waals surface area contributed by atoms with Gasteiger partial charge in [-0.05, 0) is 19.3 Å². The van der Waals surface area contributed by atoms with E-state index in [0.29, 0.717) is 43.6 Å². The molecule has 0 saturated heterocycles. The summed E-state index contributed by atoms with van der Waals surface area (Å²) in [6, 6.07) is 0. The van der Waals surface area contributed by atoms with Crippen LogP contribution in [0.2, 0.25) is 0 Å². The molecule has 256 valence electrons. The smallest absolute Gasteiger partial charge is 0.336 e. The zero-order chi connectivity index (χ0) is 34.2. The van der Waals surface area contributed by atoms with Crippen LogP contribution in [-0.2, 0) is 48.2 Å². The zero-order valence-corrected chi connectivity index (χ0v) is 27.8. The SMILES string of the molecule is CCC(O)Cn1c(=O)n(CC(O)CC)c(=O)n(CC(O)CC)c1=O.COC(=O)CCSSCCC(=O)OC.COC(=O)CO. The van der Waals surface area contributed by atoms with Crippen molar-refractivity contribution in [2.45, 2.75) is 90.8 Å². The lowest BCUT2D eigenvalue weighted by molar-refractivity contribution is -0.144. The molecule has 16 nitrogen and oxygen atoms in total. The topological polar surface area (TPSA) is 226 Å². The summed E-state index contributed by atoms with van der Waals surface area (Å²) >= 11 is 0. The molecule has 1 aromatic heterocycles. The quantitative estimate of drug-likeness (QED) is 0.0682. The molecule has 1 heterocycles. The third-order valence-electron chi connectivity index (χ3n) is 5.65. The van der Waals surface area contributed by atoms with Gasteiger partial charge >= 0.3 is 35.0 Å². The third kappa shape index (κ3) is 18.2. The van der Waals surface area contributed by atoms with Gasteiger partial charge in [-0.2, -0.15) is 0 Å². The highest BCUT2D eigenvalue weighted by atomic mass is 33.1. The normalized spacial score (nSPS) is 12.4. The summed E-state index contributed by atoms with van der Waals surface area (Å²) in [5.41, 5.74) is -2.60. The van der Waals surface area contributed by atoms with E-state index in [1.807, 2.05) is 0 Å². The summed E-state index contributed by atoms with van der Waals surface area (Å²) < 4.78 is 15.3. The maximum Gasteiger partial charge on any atom is 0.336 e. The molecule has 0 aromatic carbocycles. The van der Waals surface area contributed by atoms with Crippen LogP contribution in [0.1, 0.15) is 52.9 Å². The fraction of sp³-hybridized carbons (Fsp3) is 0.769. The number of aliphatic hydroxyl groups is 4. The minimum absolute atomic E-state index is 0.203. The summed E-state index contributed by atoms with van der Waals surface area (Å²) in [6.07, 6.45) is -0.926. The zero-order valence-electron chi connectivity index (χ0n) is 26.1. The first-order valence-electron chi connectivity index (χ1n) is 13.8. The van der Waals surface area contributed by atoms with Crippen molar-refractivity contribution in [2.24, 2.45) is 0 Å². The van der Waals surface area contributed by atoms with E-state index in [0.717, 1.165) is 13.7 Å². The molecule has 0 fully saturated rings. The van der Waals surface area contributed by atoms with Crippen molar-refractivity contribution in [3.8, 4) is 0 Å². The van der Waals surface area contributed by atoms with Crippen molar-refractivity contribution in [3.63, 3.8) is 0 Å². The molecular weight excluding hydrogens is 626 g/mol. The number of aromatic nitrogens is 3. The number of esters is 3. The summed E-state index contributed by atoms with van der Waals surface area (Å²) in [6.45, 7) is 3.82. The number of methoxy groups -OCH3 is 3. The summed E-state index contributed by atoms with van der Waals surface area (Å²) in [7, 11) is 7.08. The Balaban J connectivity index is 0. The van der Waals surface area contributed by atoms with Gasteiger partial charge in [0.25, 0.3) is 0 Å². The standard InChI is InChI=1S/C15H27N3O6.C8H14O4S2.C3H6O3/c1-4-10(19)7-16-13(22)17(8-11(20)5-2)15(24)18(14(16)23)9-12(21)6-3;1-11-7(9)3-5-13-14-6-4-8(10)12-2;1-6-3(5)2-4/h10-12,19-21H,4-9H2,1-3H3;3-6H2,1-2H3;4H,2H2,1H3. The second kappa shape index (κ2) is 25.7. The number of hydrogen-bond acceptors (Lipinski definition) is 15. The van der Waals surface area contributed by atoms with E-state index >= 15 is 0 Å². The first-order valence-corrected chi connectivity index (χ1v) is 16.3. The summed E-state index contributed by atoms with van der Waals surface area (Å²) in [4.78, 5) is 68.4. The number of ether oxygens (including phenoxy) is 3. The fourth-order valence-corrected chi connectivity index (χ4v) is 4.75. The molecule has 0 aliphatic heterocycles. The first-order chi connectivity index (χ1) is 20.8. The van der Waals surface area contributed by atoms with Crippen LogP contribution in [0.25, 0.3) is 0 Å². The molecule has 3 unspecified atom stereocenters. The Hall–Kier alpha value is -2.64. The van der Waals surface area contributed by atoms with Gasteiger partial charge in [-0.25, -0.2) is 32.9 Å². The van der Waals surface area contributed by atoms with Gasteiger partial charge in [0.2, 0.25) is 0 Å². The molecule has 3 atom stereocenters. The van der Waals surface area contributed by atoms with Gasteiger partial charge in [-0.15, -0.1) is 0 Å².